The molecule has 1 rings (SSSR count). The number of alkyl halides is 3. The fourth-order valence-corrected chi connectivity index (χ4v) is 1.43. The van der Waals surface area contributed by atoms with Crippen molar-refractivity contribution in [2.45, 2.75) is 20.0 Å². The SMILES string of the molecule is CC(C)=CC(=O)Nc1ccc(C(=O)NCC(F)(F)F)cc1. The van der Waals surface area contributed by atoms with Gasteiger partial charge in [0.05, 0.1) is 0 Å². The molecule has 0 fully saturated rings. The molecule has 114 valence electrons. The molecule has 1 aromatic rings. The Bertz CT molecular complexity index is 544. The summed E-state index contributed by atoms with van der Waals surface area (Å²) in [4.78, 5) is 22.9. The number of amides is 2. The molecule has 0 saturated heterocycles. The first-order valence-corrected chi connectivity index (χ1v) is 6.08. The fraction of sp³-hybridized carbons (Fsp3) is 0.286. The highest BCUT2D eigenvalue weighted by atomic mass is 19.4. The molecule has 0 aliphatic heterocycles. The molecule has 2 amide bonds. The zero-order valence-corrected chi connectivity index (χ0v) is 11.5. The monoisotopic (exact) mass is 300 g/mol. The molecular formula is C14H15F3N2O2. The van der Waals surface area contributed by atoms with Crippen LogP contribution >= 0.6 is 0 Å². The van der Waals surface area contributed by atoms with Gasteiger partial charge in [0.25, 0.3) is 5.91 Å². The van der Waals surface area contributed by atoms with Crippen molar-refractivity contribution >= 4 is 17.5 Å². The third-order valence-corrected chi connectivity index (χ3v) is 2.28. The van der Waals surface area contributed by atoms with Gasteiger partial charge in [-0.25, -0.2) is 0 Å². The Balaban J connectivity index is 2.63. The van der Waals surface area contributed by atoms with Gasteiger partial charge in [-0.2, -0.15) is 13.2 Å². The standard InChI is InChI=1S/C14H15F3N2O2/c1-9(2)7-12(20)19-11-5-3-10(4-6-11)13(21)18-8-14(15,16)17/h3-7H,8H2,1-2H3,(H,18,21)(H,19,20). The lowest BCUT2D eigenvalue weighted by atomic mass is 10.2. The molecule has 0 unspecified atom stereocenters. The average molecular weight is 300 g/mol. The summed E-state index contributed by atoms with van der Waals surface area (Å²) in [6.45, 7) is 2.16. The number of hydrogen-bond acceptors (Lipinski definition) is 2. The van der Waals surface area contributed by atoms with Gasteiger partial charge < -0.3 is 10.6 Å². The molecule has 0 spiro atoms. The van der Waals surface area contributed by atoms with Crippen LogP contribution in [0.5, 0.6) is 0 Å². The fourth-order valence-electron chi connectivity index (χ4n) is 1.43. The number of rotatable bonds is 4. The van der Waals surface area contributed by atoms with Gasteiger partial charge in [0, 0.05) is 17.3 Å². The van der Waals surface area contributed by atoms with Crippen molar-refractivity contribution < 1.29 is 22.8 Å². The van der Waals surface area contributed by atoms with E-state index in [0.29, 0.717) is 5.69 Å². The minimum atomic E-state index is -4.45. The summed E-state index contributed by atoms with van der Waals surface area (Å²) in [7, 11) is 0. The van der Waals surface area contributed by atoms with Crippen molar-refractivity contribution in [1.29, 1.82) is 0 Å². The first-order valence-electron chi connectivity index (χ1n) is 6.08. The van der Waals surface area contributed by atoms with Crippen molar-refractivity contribution in [1.82, 2.24) is 5.32 Å². The van der Waals surface area contributed by atoms with E-state index >= 15 is 0 Å². The zero-order valence-electron chi connectivity index (χ0n) is 11.5. The Morgan fingerprint density at radius 3 is 2.19 bits per heavy atom. The van der Waals surface area contributed by atoms with Crippen molar-refractivity contribution in [3.63, 3.8) is 0 Å². The normalized spacial score (nSPS) is 10.7. The second kappa shape index (κ2) is 6.92. The van der Waals surface area contributed by atoms with Gasteiger partial charge in [0.2, 0.25) is 5.91 Å². The Hall–Kier alpha value is -2.31. The second-order valence-electron chi connectivity index (χ2n) is 4.59. The van der Waals surface area contributed by atoms with Crippen molar-refractivity contribution in [2.75, 3.05) is 11.9 Å². The van der Waals surface area contributed by atoms with E-state index in [1.54, 1.807) is 19.2 Å². The molecule has 0 aliphatic carbocycles. The molecule has 1 aromatic carbocycles. The first-order chi connectivity index (χ1) is 9.67. The number of allylic oxidation sites excluding steroid dienone is 1. The summed E-state index contributed by atoms with van der Waals surface area (Å²) >= 11 is 0. The third kappa shape index (κ3) is 6.60. The van der Waals surface area contributed by atoms with Crippen LogP contribution in [0.25, 0.3) is 0 Å². The van der Waals surface area contributed by atoms with E-state index in [9.17, 15) is 22.8 Å². The van der Waals surface area contributed by atoms with Gasteiger partial charge in [0.15, 0.2) is 0 Å². The highest BCUT2D eigenvalue weighted by Crippen LogP contribution is 2.13. The Morgan fingerprint density at radius 2 is 1.71 bits per heavy atom. The van der Waals surface area contributed by atoms with Crippen LogP contribution in [-0.4, -0.2) is 24.5 Å². The topological polar surface area (TPSA) is 58.2 Å². The van der Waals surface area contributed by atoms with Crippen molar-refractivity contribution in [3.05, 3.63) is 41.5 Å². The lowest BCUT2D eigenvalue weighted by Gasteiger charge is -2.09. The maximum atomic E-state index is 12.0. The number of halogens is 3. The number of benzene rings is 1. The molecule has 0 atom stereocenters. The predicted octanol–water partition coefficient (Wildman–Crippen LogP) is 2.88. The van der Waals surface area contributed by atoms with Gasteiger partial charge in [-0.05, 0) is 38.1 Å². The smallest absolute Gasteiger partial charge is 0.343 e. The molecule has 7 heteroatoms. The number of nitrogens with one attached hydrogen (secondary N) is 2. The van der Waals surface area contributed by atoms with Crippen LogP contribution in [0.2, 0.25) is 0 Å². The van der Waals surface area contributed by atoms with Crippen LogP contribution in [0.15, 0.2) is 35.9 Å². The van der Waals surface area contributed by atoms with E-state index in [1.165, 1.54) is 30.3 Å². The molecule has 0 saturated carbocycles. The lowest BCUT2D eigenvalue weighted by molar-refractivity contribution is -0.123. The van der Waals surface area contributed by atoms with Gasteiger partial charge in [-0.1, -0.05) is 5.57 Å². The first kappa shape index (κ1) is 16.7. The Labute approximate surface area is 120 Å². The Morgan fingerprint density at radius 1 is 1.14 bits per heavy atom. The van der Waals surface area contributed by atoms with Gasteiger partial charge >= 0.3 is 6.18 Å². The van der Waals surface area contributed by atoms with E-state index in [1.807, 2.05) is 0 Å². The lowest BCUT2D eigenvalue weighted by Crippen LogP contribution is -2.33. The maximum Gasteiger partial charge on any atom is 0.405 e. The molecule has 0 heterocycles. The van der Waals surface area contributed by atoms with E-state index in [4.69, 9.17) is 0 Å². The van der Waals surface area contributed by atoms with Gasteiger partial charge in [-0.15, -0.1) is 0 Å². The van der Waals surface area contributed by atoms with Crippen LogP contribution in [0.4, 0.5) is 18.9 Å². The van der Waals surface area contributed by atoms with Gasteiger partial charge in [0.1, 0.15) is 6.54 Å². The minimum Gasteiger partial charge on any atom is -0.343 e. The van der Waals surface area contributed by atoms with Crippen LogP contribution in [0, 0.1) is 0 Å². The van der Waals surface area contributed by atoms with Crippen LogP contribution < -0.4 is 10.6 Å². The summed E-state index contributed by atoms with van der Waals surface area (Å²) in [5, 5.41) is 4.33. The van der Waals surface area contributed by atoms with Gasteiger partial charge in [-0.3, -0.25) is 9.59 Å². The number of carbonyl (C=O) groups excluding carboxylic acids is 2. The van der Waals surface area contributed by atoms with Crippen molar-refractivity contribution in [2.24, 2.45) is 0 Å². The van der Waals surface area contributed by atoms with Crippen LogP contribution in [-0.2, 0) is 4.79 Å². The van der Waals surface area contributed by atoms with E-state index in [-0.39, 0.29) is 11.5 Å². The number of hydrogen-bond donors (Lipinski definition) is 2. The van der Waals surface area contributed by atoms with E-state index in [2.05, 4.69) is 5.32 Å². The average Bonchev–Trinajstić information content (AvgIpc) is 2.35. The third-order valence-electron chi connectivity index (χ3n) is 2.28. The molecule has 0 aliphatic rings. The number of carbonyl (C=O) groups is 2. The largest absolute Gasteiger partial charge is 0.405 e. The highest BCUT2D eigenvalue weighted by Gasteiger charge is 2.27. The summed E-state index contributed by atoms with van der Waals surface area (Å²) < 4.78 is 35.9. The zero-order chi connectivity index (χ0) is 16.0. The van der Waals surface area contributed by atoms with Crippen LogP contribution in [0.3, 0.4) is 0 Å². The molecular weight excluding hydrogens is 285 g/mol. The molecule has 0 bridgehead atoms. The Kier molecular flexibility index (Phi) is 5.52. The quantitative estimate of drug-likeness (QED) is 0.840. The minimum absolute atomic E-state index is 0.0828. The maximum absolute atomic E-state index is 12.0. The van der Waals surface area contributed by atoms with Crippen molar-refractivity contribution in [3.8, 4) is 0 Å². The molecule has 0 aromatic heterocycles. The van der Waals surface area contributed by atoms with E-state index < -0.39 is 18.6 Å². The second-order valence-corrected chi connectivity index (χ2v) is 4.59. The van der Waals surface area contributed by atoms with Crippen LogP contribution in [0.1, 0.15) is 24.2 Å². The highest BCUT2D eigenvalue weighted by molar-refractivity contribution is 6.00. The molecule has 4 nitrogen and oxygen atoms in total. The predicted molar refractivity (Wildman–Crippen MR) is 72.9 cm³/mol. The summed E-state index contributed by atoms with van der Waals surface area (Å²) in [5.74, 6) is -1.14. The summed E-state index contributed by atoms with van der Waals surface area (Å²) in [5.41, 5.74) is 1.36. The molecule has 2 N–H and O–H groups in total. The summed E-state index contributed by atoms with van der Waals surface area (Å²) in [6, 6.07) is 5.56. The molecule has 0 radical (unpaired) electrons. The summed E-state index contributed by atoms with van der Waals surface area (Å²) in [6.07, 6.45) is -3.04. The van der Waals surface area contributed by atoms with E-state index in [0.717, 1.165) is 5.57 Å². The number of anilines is 1. The molecule has 21 heavy (non-hydrogen) atoms.